The van der Waals surface area contributed by atoms with Crippen LogP contribution in [-0.2, 0) is 10.8 Å². The van der Waals surface area contributed by atoms with Crippen molar-refractivity contribution in [3.05, 3.63) is 35.4 Å². The van der Waals surface area contributed by atoms with Crippen LogP contribution in [0.4, 0.5) is 0 Å². The van der Waals surface area contributed by atoms with Gasteiger partial charge in [-0.2, -0.15) is 0 Å². The highest BCUT2D eigenvalue weighted by atomic mass is 14.2. The predicted molar refractivity (Wildman–Crippen MR) is 62.7 cm³/mol. The van der Waals surface area contributed by atoms with E-state index in [1.54, 1.807) is 0 Å². The summed E-state index contributed by atoms with van der Waals surface area (Å²) in [5.74, 6) is 0. The monoisotopic (exact) mass is 189 g/mol. The van der Waals surface area contributed by atoms with E-state index in [0.717, 1.165) is 0 Å². The molecule has 0 aliphatic rings. The molecule has 0 aliphatic carbocycles. The Hall–Kier alpha value is -0.780. The summed E-state index contributed by atoms with van der Waals surface area (Å²) in [6, 6.07) is 9.73. The van der Waals surface area contributed by atoms with Crippen LogP contribution in [0.5, 0.6) is 0 Å². The molecule has 0 aliphatic heterocycles. The van der Waals surface area contributed by atoms with Gasteiger partial charge >= 0.3 is 0 Å². The van der Waals surface area contributed by atoms with Crippen molar-refractivity contribution in [1.82, 2.24) is 0 Å². The third kappa shape index (κ3) is 2.60. The number of hydrogen-bond donors (Lipinski definition) is 0. The summed E-state index contributed by atoms with van der Waals surface area (Å²) in [4.78, 5) is 0. The van der Waals surface area contributed by atoms with Crippen molar-refractivity contribution < 1.29 is 0 Å². The molecule has 1 rings (SSSR count). The van der Waals surface area contributed by atoms with E-state index in [-0.39, 0.29) is 10.8 Å². The van der Waals surface area contributed by atoms with Gasteiger partial charge in [0.15, 0.2) is 0 Å². The molecule has 0 nitrogen and oxygen atoms in total. The minimum absolute atomic E-state index is 0.220. The molecule has 1 aromatic carbocycles. The van der Waals surface area contributed by atoms with Crippen LogP contribution >= 0.6 is 0 Å². The van der Waals surface area contributed by atoms with Gasteiger partial charge in [0.2, 0.25) is 0 Å². The minimum atomic E-state index is 0.220. The lowest BCUT2D eigenvalue weighted by Crippen LogP contribution is -2.15. The van der Waals surface area contributed by atoms with Gasteiger partial charge < -0.3 is 0 Å². The fourth-order valence-corrected chi connectivity index (χ4v) is 1.34. The highest BCUT2D eigenvalue weighted by Crippen LogP contribution is 2.28. The summed E-state index contributed by atoms with van der Waals surface area (Å²) in [5, 5.41) is 0. The second-order valence-corrected chi connectivity index (χ2v) is 6.01. The molecule has 0 amide bonds. The maximum absolute atomic E-state index is 3.24. The van der Waals surface area contributed by atoms with Crippen LogP contribution in [0, 0.1) is 6.07 Å². The molecule has 0 heteroatoms. The van der Waals surface area contributed by atoms with Gasteiger partial charge in [-0.25, -0.2) is 0 Å². The van der Waals surface area contributed by atoms with Gasteiger partial charge in [0.1, 0.15) is 0 Å². The molecule has 1 radical (unpaired) electrons. The first-order valence-corrected chi connectivity index (χ1v) is 5.23. The Morgan fingerprint density at radius 3 is 1.43 bits per heavy atom. The lowest BCUT2D eigenvalue weighted by atomic mass is 9.81. The lowest BCUT2D eigenvalue weighted by Gasteiger charge is -2.24. The molecule has 0 spiro atoms. The average molecular weight is 189 g/mol. The highest BCUT2D eigenvalue weighted by Gasteiger charge is 2.18. The van der Waals surface area contributed by atoms with E-state index >= 15 is 0 Å². The molecule has 0 bridgehead atoms. The first-order chi connectivity index (χ1) is 6.21. The molecule has 0 fully saturated rings. The van der Waals surface area contributed by atoms with Crippen LogP contribution in [0.3, 0.4) is 0 Å². The third-order valence-electron chi connectivity index (χ3n) is 2.52. The maximum atomic E-state index is 3.24. The molecule has 0 saturated heterocycles. The summed E-state index contributed by atoms with van der Waals surface area (Å²) in [7, 11) is 0. The van der Waals surface area contributed by atoms with Gasteiger partial charge in [0.25, 0.3) is 0 Å². The summed E-state index contributed by atoms with van der Waals surface area (Å²) in [6.45, 7) is 13.4. The van der Waals surface area contributed by atoms with Crippen LogP contribution in [-0.4, -0.2) is 0 Å². The van der Waals surface area contributed by atoms with Crippen molar-refractivity contribution in [2.75, 3.05) is 0 Å². The molecule has 1 aromatic rings. The summed E-state index contributed by atoms with van der Waals surface area (Å²) in [6.07, 6.45) is 0. The summed E-state index contributed by atoms with van der Waals surface area (Å²) < 4.78 is 0. The van der Waals surface area contributed by atoms with Crippen LogP contribution in [0.25, 0.3) is 0 Å². The highest BCUT2D eigenvalue weighted by molar-refractivity contribution is 5.31. The van der Waals surface area contributed by atoms with E-state index in [2.05, 4.69) is 65.8 Å². The molecule has 0 unspecified atom stereocenters. The Balaban J connectivity index is 3.15. The molecule has 77 valence electrons. The number of benzene rings is 1. The van der Waals surface area contributed by atoms with E-state index in [0.29, 0.717) is 0 Å². The fraction of sp³-hybridized carbons (Fsp3) is 0.571. The summed E-state index contributed by atoms with van der Waals surface area (Å²) >= 11 is 0. The molecular weight excluding hydrogens is 168 g/mol. The van der Waals surface area contributed by atoms with Crippen molar-refractivity contribution in [2.45, 2.75) is 52.4 Å². The van der Waals surface area contributed by atoms with Crippen LogP contribution < -0.4 is 0 Å². The average Bonchev–Trinajstić information content (AvgIpc) is 2.01. The van der Waals surface area contributed by atoms with Gasteiger partial charge in [-0.3, -0.25) is 0 Å². The molecule has 0 saturated carbocycles. The van der Waals surface area contributed by atoms with Crippen LogP contribution in [0.2, 0.25) is 0 Å². The molecule has 0 aromatic heterocycles. The second-order valence-electron chi connectivity index (χ2n) is 6.01. The Bertz CT molecular complexity index is 278. The summed E-state index contributed by atoms with van der Waals surface area (Å²) in [5.41, 5.74) is 3.17. The van der Waals surface area contributed by atoms with Crippen molar-refractivity contribution in [1.29, 1.82) is 0 Å². The lowest BCUT2D eigenvalue weighted by molar-refractivity contribution is 0.568. The van der Waals surface area contributed by atoms with E-state index in [9.17, 15) is 0 Å². The Kier molecular flexibility index (Phi) is 2.76. The van der Waals surface area contributed by atoms with Crippen molar-refractivity contribution >= 4 is 0 Å². The van der Waals surface area contributed by atoms with Gasteiger partial charge in [-0.1, -0.05) is 59.7 Å². The largest absolute Gasteiger partial charge is 0.0561 e. The van der Waals surface area contributed by atoms with E-state index in [1.807, 2.05) is 0 Å². The van der Waals surface area contributed by atoms with Gasteiger partial charge in [-0.15, -0.1) is 0 Å². The first-order valence-electron chi connectivity index (χ1n) is 5.23. The third-order valence-corrected chi connectivity index (χ3v) is 2.52. The molecule has 14 heavy (non-hydrogen) atoms. The maximum Gasteiger partial charge on any atom is -0.0132 e. The zero-order chi connectivity index (χ0) is 11.0. The SMILES string of the molecule is CC(C)(C)c1c[c]cc(C(C)(C)C)c1. The molecule has 0 atom stereocenters. The van der Waals surface area contributed by atoms with E-state index in [4.69, 9.17) is 0 Å². The molecule has 0 heterocycles. The van der Waals surface area contributed by atoms with Gasteiger partial charge in [0.05, 0.1) is 0 Å². The predicted octanol–water partition coefficient (Wildman–Crippen LogP) is 4.08. The van der Waals surface area contributed by atoms with Crippen LogP contribution in [0.15, 0.2) is 18.2 Å². The van der Waals surface area contributed by atoms with Crippen molar-refractivity contribution in [2.24, 2.45) is 0 Å². The minimum Gasteiger partial charge on any atom is -0.0561 e. The van der Waals surface area contributed by atoms with Crippen molar-refractivity contribution in [3.8, 4) is 0 Å². The zero-order valence-electron chi connectivity index (χ0n) is 10.2. The topological polar surface area (TPSA) is 0 Å². The van der Waals surface area contributed by atoms with Crippen molar-refractivity contribution in [3.63, 3.8) is 0 Å². The quantitative estimate of drug-likeness (QED) is 0.577. The number of hydrogen-bond acceptors (Lipinski definition) is 0. The van der Waals surface area contributed by atoms with E-state index in [1.165, 1.54) is 11.1 Å². The smallest absolute Gasteiger partial charge is 0.0132 e. The Morgan fingerprint density at radius 2 is 1.14 bits per heavy atom. The standard InChI is InChI=1S/C14H21/c1-13(2,3)11-8-7-9-12(10-11)14(4,5)6/h8-10H,1-6H3. The molecular formula is C14H21. The zero-order valence-corrected chi connectivity index (χ0v) is 10.2. The van der Waals surface area contributed by atoms with E-state index < -0.39 is 0 Å². The first kappa shape index (κ1) is 11.3. The van der Waals surface area contributed by atoms with Gasteiger partial charge in [-0.05, 0) is 28.0 Å². The number of rotatable bonds is 0. The Morgan fingerprint density at radius 1 is 0.786 bits per heavy atom. The second kappa shape index (κ2) is 3.42. The molecule has 0 N–H and O–H groups in total. The Labute approximate surface area is 88.4 Å². The normalized spacial score (nSPS) is 13.0. The van der Waals surface area contributed by atoms with Crippen LogP contribution in [0.1, 0.15) is 52.7 Å². The fourth-order valence-electron chi connectivity index (χ4n) is 1.34. The van der Waals surface area contributed by atoms with Gasteiger partial charge in [0, 0.05) is 0 Å².